The molecule has 27 heavy (non-hydrogen) atoms. The minimum absolute atomic E-state index is 0.0504. The highest BCUT2D eigenvalue weighted by Gasteiger charge is 2.20. The number of H-pyrrole nitrogens is 1. The molecule has 0 spiro atoms. The monoisotopic (exact) mass is 360 g/mol. The fraction of sp³-hybridized carbons (Fsp3) is 0. The molecule has 8 nitrogen and oxygen atoms in total. The molecule has 4 aromatic rings. The molecule has 0 radical (unpaired) electrons. The Morgan fingerprint density at radius 3 is 2.37 bits per heavy atom. The molecule has 4 rings (SSSR count). The summed E-state index contributed by atoms with van der Waals surface area (Å²) in [4.78, 5) is 26.7. The van der Waals surface area contributed by atoms with Crippen LogP contribution in [-0.4, -0.2) is 31.2 Å². The van der Waals surface area contributed by atoms with Crippen LogP contribution in [0, 0.1) is 10.1 Å². The van der Waals surface area contributed by atoms with E-state index in [-0.39, 0.29) is 16.9 Å². The normalized spacial score (nSPS) is 10.8. The summed E-state index contributed by atoms with van der Waals surface area (Å²) in [6.07, 6.45) is 0. The zero-order valence-electron chi connectivity index (χ0n) is 13.8. The lowest BCUT2D eigenvalue weighted by Crippen LogP contribution is -2.00. The number of benzene rings is 2. The van der Waals surface area contributed by atoms with E-state index in [1.54, 1.807) is 12.1 Å². The largest absolute Gasteiger partial charge is 0.478 e. The third kappa shape index (κ3) is 2.89. The number of pyridine rings is 1. The van der Waals surface area contributed by atoms with Gasteiger partial charge < -0.3 is 5.11 Å². The van der Waals surface area contributed by atoms with Crippen molar-refractivity contribution < 1.29 is 14.8 Å². The molecule has 0 saturated heterocycles. The summed E-state index contributed by atoms with van der Waals surface area (Å²) in [6.45, 7) is 0. The van der Waals surface area contributed by atoms with Gasteiger partial charge in [-0.3, -0.25) is 15.2 Å². The Labute approximate surface area is 152 Å². The molecule has 0 saturated carbocycles. The van der Waals surface area contributed by atoms with Gasteiger partial charge in [0, 0.05) is 23.3 Å². The minimum atomic E-state index is -1.11. The van der Waals surface area contributed by atoms with E-state index in [2.05, 4.69) is 15.2 Å². The van der Waals surface area contributed by atoms with Gasteiger partial charge in [0.05, 0.1) is 27.3 Å². The van der Waals surface area contributed by atoms with E-state index in [0.717, 1.165) is 5.56 Å². The summed E-state index contributed by atoms with van der Waals surface area (Å²) < 4.78 is 0. The Morgan fingerprint density at radius 1 is 1.04 bits per heavy atom. The third-order valence-corrected chi connectivity index (χ3v) is 4.19. The van der Waals surface area contributed by atoms with Crippen molar-refractivity contribution in [3.8, 4) is 22.5 Å². The van der Waals surface area contributed by atoms with Gasteiger partial charge in [0.2, 0.25) is 0 Å². The van der Waals surface area contributed by atoms with Crippen molar-refractivity contribution in [3.63, 3.8) is 0 Å². The first-order valence-electron chi connectivity index (χ1n) is 7.97. The Balaban J connectivity index is 1.91. The smallest absolute Gasteiger partial charge is 0.336 e. The Hall–Kier alpha value is -4.07. The number of rotatable bonds is 4. The first-order valence-corrected chi connectivity index (χ1v) is 7.97. The van der Waals surface area contributed by atoms with Crippen molar-refractivity contribution in [2.75, 3.05) is 0 Å². The van der Waals surface area contributed by atoms with Gasteiger partial charge in [-0.05, 0) is 18.2 Å². The van der Waals surface area contributed by atoms with Crippen LogP contribution in [0.3, 0.4) is 0 Å². The van der Waals surface area contributed by atoms with Crippen LogP contribution < -0.4 is 0 Å². The number of hydrogen-bond donors (Lipinski definition) is 2. The summed E-state index contributed by atoms with van der Waals surface area (Å²) >= 11 is 0. The molecule has 2 aromatic heterocycles. The number of nitro benzene ring substituents is 1. The number of nitro groups is 1. The molecule has 8 heteroatoms. The van der Waals surface area contributed by atoms with Crippen molar-refractivity contribution in [3.05, 3.63) is 76.3 Å². The number of carboxylic acids is 1. The molecule has 0 amide bonds. The number of carbonyl (C=O) groups is 1. The van der Waals surface area contributed by atoms with Gasteiger partial charge >= 0.3 is 5.97 Å². The number of non-ortho nitro benzene ring substituents is 1. The lowest BCUT2D eigenvalue weighted by atomic mass is 10.0. The van der Waals surface area contributed by atoms with E-state index in [9.17, 15) is 20.0 Å². The predicted molar refractivity (Wildman–Crippen MR) is 98.4 cm³/mol. The summed E-state index contributed by atoms with van der Waals surface area (Å²) in [7, 11) is 0. The minimum Gasteiger partial charge on any atom is -0.478 e. The van der Waals surface area contributed by atoms with Gasteiger partial charge in [0.15, 0.2) is 5.65 Å². The quantitative estimate of drug-likeness (QED) is 0.420. The Morgan fingerprint density at radius 2 is 1.74 bits per heavy atom. The molecule has 0 aliphatic carbocycles. The van der Waals surface area contributed by atoms with Crippen LogP contribution in [0.15, 0.2) is 60.7 Å². The Bertz CT molecular complexity index is 1170. The van der Waals surface area contributed by atoms with Gasteiger partial charge in [0.25, 0.3) is 5.69 Å². The zero-order chi connectivity index (χ0) is 19.0. The van der Waals surface area contributed by atoms with E-state index in [0.29, 0.717) is 22.3 Å². The molecule has 0 aliphatic heterocycles. The lowest BCUT2D eigenvalue weighted by Gasteiger charge is -2.05. The van der Waals surface area contributed by atoms with Crippen LogP contribution in [0.2, 0.25) is 0 Å². The van der Waals surface area contributed by atoms with E-state index in [4.69, 9.17) is 0 Å². The molecular formula is C19H12N4O4. The van der Waals surface area contributed by atoms with Gasteiger partial charge in [-0.2, -0.15) is 5.10 Å². The van der Waals surface area contributed by atoms with Crippen LogP contribution in [0.25, 0.3) is 33.5 Å². The van der Waals surface area contributed by atoms with Gasteiger partial charge in [-0.25, -0.2) is 9.78 Å². The number of fused-ring (bicyclic) bond motifs is 1. The fourth-order valence-corrected chi connectivity index (χ4v) is 2.91. The second kappa shape index (κ2) is 6.34. The van der Waals surface area contributed by atoms with E-state index in [1.807, 2.05) is 30.3 Å². The van der Waals surface area contributed by atoms with E-state index < -0.39 is 10.9 Å². The summed E-state index contributed by atoms with van der Waals surface area (Å²) in [5.74, 6) is -1.11. The Kier molecular flexibility index (Phi) is 3.85. The second-order valence-electron chi connectivity index (χ2n) is 5.83. The number of nitrogens with zero attached hydrogens (tertiary/aromatic N) is 3. The summed E-state index contributed by atoms with van der Waals surface area (Å²) in [5, 5.41) is 27.8. The first kappa shape index (κ1) is 16.4. The molecule has 2 N–H and O–H groups in total. The maximum Gasteiger partial charge on any atom is 0.336 e. The standard InChI is InChI=1S/C19H12N4O4/c24-19(25)14-10-15(11-4-2-1-3-5-11)20-18-16(14)17(21-22-18)12-6-8-13(9-7-12)23(26)27/h1-10H,(H,24,25)(H,20,21,22). The lowest BCUT2D eigenvalue weighted by molar-refractivity contribution is -0.384. The number of nitrogens with one attached hydrogen (secondary N) is 1. The van der Waals surface area contributed by atoms with Crippen LogP contribution in [0.5, 0.6) is 0 Å². The predicted octanol–water partition coefficient (Wildman–Crippen LogP) is 3.90. The molecular weight excluding hydrogens is 348 g/mol. The van der Waals surface area contributed by atoms with Crippen molar-refractivity contribution in [2.24, 2.45) is 0 Å². The average Bonchev–Trinajstić information content (AvgIpc) is 3.12. The maximum atomic E-state index is 11.9. The molecule has 2 aromatic carbocycles. The van der Waals surface area contributed by atoms with Crippen LogP contribution >= 0.6 is 0 Å². The van der Waals surface area contributed by atoms with Crippen molar-refractivity contribution >= 4 is 22.7 Å². The molecule has 0 aliphatic rings. The first-order chi connectivity index (χ1) is 13.0. The summed E-state index contributed by atoms with van der Waals surface area (Å²) in [6, 6.07) is 16.5. The maximum absolute atomic E-state index is 11.9. The number of hydrogen-bond acceptors (Lipinski definition) is 5. The topological polar surface area (TPSA) is 122 Å². The molecule has 0 fully saturated rings. The zero-order valence-corrected chi connectivity index (χ0v) is 13.8. The molecule has 0 atom stereocenters. The number of aromatic amines is 1. The van der Waals surface area contributed by atoms with Crippen molar-refractivity contribution in [1.29, 1.82) is 0 Å². The van der Waals surface area contributed by atoms with Crippen molar-refractivity contribution in [2.45, 2.75) is 0 Å². The van der Waals surface area contributed by atoms with Crippen LogP contribution in [0.1, 0.15) is 10.4 Å². The molecule has 2 heterocycles. The average molecular weight is 360 g/mol. The highest BCUT2D eigenvalue weighted by Crippen LogP contribution is 2.32. The molecule has 0 unspecified atom stereocenters. The summed E-state index contributed by atoms with van der Waals surface area (Å²) in [5.41, 5.74) is 2.59. The highest BCUT2D eigenvalue weighted by atomic mass is 16.6. The second-order valence-corrected chi connectivity index (χ2v) is 5.83. The number of carboxylic acid groups (broad SMARTS) is 1. The van der Waals surface area contributed by atoms with Crippen LogP contribution in [-0.2, 0) is 0 Å². The fourth-order valence-electron chi connectivity index (χ4n) is 2.91. The van der Waals surface area contributed by atoms with Gasteiger partial charge in [-0.1, -0.05) is 30.3 Å². The van der Waals surface area contributed by atoms with Crippen molar-refractivity contribution in [1.82, 2.24) is 15.2 Å². The number of aromatic nitrogens is 3. The SMILES string of the molecule is O=C(O)c1cc(-c2ccccc2)nc2n[nH]c(-c3ccc([N+](=O)[O-])cc3)c12. The third-order valence-electron chi connectivity index (χ3n) is 4.19. The van der Waals surface area contributed by atoms with Crippen LogP contribution in [0.4, 0.5) is 5.69 Å². The van der Waals surface area contributed by atoms with Gasteiger partial charge in [0.1, 0.15) is 0 Å². The van der Waals surface area contributed by atoms with E-state index >= 15 is 0 Å². The molecule has 0 bridgehead atoms. The number of aromatic carboxylic acids is 1. The molecule has 132 valence electrons. The highest BCUT2D eigenvalue weighted by molar-refractivity contribution is 6.08. The van der Waals surface area contributed by atoms with Gasteiger partial charge in [-0.15, -0.1) is 0 Å². The van der Waals surface area contributed by atoms with E-state index in [1.165, 1.54) is 18.2 Å².